The Balaban J connectivity index is 2.34. The number of benzene rings is 1. The standard InChI is InChI=1S/C15H20ClFN4/c1-10-8-11(17)4-5-12(10)14(18)15-13(16)9-19-21(15)7-6-20(2)3/h4-5,8-9,14H,6-7,18H2,1-3H3. The summed E-state index contributed by atoms with van der Waals surface area (Å²) in [5, 5.41) is 4.82. The van der Waals surface area contributed by atoms with Gasteiger partial charge in [-0.25, -0.2) is 4.39 Å². The largest absolute Gasteiger partial charge is 0.319 e. The highest BCUT2D eigenvalue weighted by atomic mass is 35.5. The highest BCUT2D eigenvalue weighted by Gasteiger charge is 2.20. The van der Waals surface area contributed by atoms with Crippen LogP contribution in [0.5, 0.6) is 0 Å². The molecule has 1 aromatic heterocycles. The molecular weight excluding hydrogens is 291 g/mol. The molecule has 0 saturated heterocycles. The van der Waals surface area contributed by atoms with Crippen LogP contribution in [-0.4, -0.2) is 35.3 Å². The molecule has 0 bridgehead atoms. The third kappa shape index (κ3) is 3.61. The predicted octanol–water partition coefficient (Wildman–Crippen LogP) is 2.59. The van der Waals surface area contributed by atoms with Crippen LogP contribution < -0.4 is 5.73 Å². The van der Waals surface area contributed by atoms with Gasteiger partial charge in [0.05, 0.1) is 29.5 Å². The summed E-state index contributed by atoms with van der Waals surface area (Å²) in [5.41, 5.74) is 8.75. The smallest absolute Gasteiger partial charge is 0.123 e. The zero-order chi connectivity index (χ0) is 15.6. The quantitative estimate of drug-likeness (QED) is 0.923. The molecule has 1 atom stereocenters. The van der Waals surface area contributed by atoms with Crippen LogP contribution in [0.25, 0.3) is 0 Å². The number of aromatic nitrogens is 2. The lowest BCUT2D eigenvalue weighted by Gasteiger charge is -2.18. The summed E-state index contributed by atoms with van der Waals surface area (Å²) >= 11 is 6.24. The molecule has 2 rings (SSSR count). The molecule has 0 aliphatic rings. The Morgan fingerprint density at radius 2 is 2.14 bits per heavy atom. The fourth-order valence-electron chi connectivity index (χ4n) is 2.29. The van der Waals surface area contributed by atoms with Crippen molar-refractivity contribution >= 4 is 11.6 Å². The van der Waals surface area contributed by atoms with Crippen LogP contribution in [0.15, 0.2) is 24.4 Å². The minimum atomic E-state index is -0.428. The summed E-state index contributed by atoms with van der Waals surface area (Å²) in [7, 11) is 3.99. The minimum absolute atomic E-state index is 0.268. The number of likely N-dealkylation sites (N-methyl/N-ethyl adjacent to an activating group) is 1. The van der Waals surface area contributed by atoms with Gasteiger partial charge in [-0.3, -0.25) is 4.68 Å². The summed E-state index contributed by atoms with van der Waals surface area (Å²) in [6.45, 7) is 3.37. The number of nitrogens with zero attached hydrogens (tertiary/aromatic N) is 3. The van der Waals surface area contributed by atoms with Crippen LogP contribution in [0.2, 0.25) is 5.02 Å². The summed E-state index contributed by atoms with van der Waals surface area (Å²) in [6, 6.07) is 4.16. The molecule has 0 radical (unpaired) electrons. The van der Waals surface area contributed by atoms with Gasteiger partial charge in [0.1, 0.15) is 5.82 Å². The minimum Gasteiger partial charge on any atom is -0.319 e. The summed E-state index contributed by atoms with van der Waals surface area (Å²) < 4.78 is 15.0. The summed E-state index contributed by atoms with van der Waals surface area (Å²) in [5.74, 6) is -0.268. The Bertz CT molecular complexity index is 624. The van der Waals surface area contributed by atoms with Crippen molar-refractivity contribution in [3.8, 4) is 0 Å². The fraction of sp³-hybridized carbons (Fsp3) is 0.400. The summed E-state index contributed by atoms with van der Waals surface area (Å²) in [6.07, 6.45) is 1.60. The van der Waals surface area contributed by atoms with E-state index in [-0.39, 0.29) is 5.82 Å². The Morgan fingerprint density at radius 3 is 2.76 bits per heavy atom. The van der Waals surface area contributed by atoms with E-state index in [9.17, 15) is 4.39 Å². The average Bonchev–Trinajstić information content (AvgIpc) is 2.77. The van der Waals surface area contributed by atoms with E-state index in [2.05, 4.69) is 10.00 Å². The van der Waals surface area contributed by atoms with E-state index >= 15 is 0 Å². The molecule has 1 heterocycles. The number of hydrogen-bond donors (Lipinski definition) is 1. The molecule has 0 aliphatic carbocycles. The number of hydrogen-bond acceptors (Lipinski definition) is 3. The number of aryl methyl sites for hydroxylation is 1. The van der Waals surface area contributed by atoms with Crippen LogP contribution in [0, 0.1) is 12.7 Å². The second-order valence-corrected chi connectivity index (χ2v) is 5.79. The topological polar surface area (TPSA) is 47.1 Å². The molecule has 0 aliphatic heterocycles. The average molecular weight is 311 g/mol. The molecule has 2 N–H and O–H groups in total. The van der Waals surface area contributed by atoms with Crippen molar-refractivity contribution in [2.75, 3.05) is 20.6 Å². The molecule has 6 heteroatoms. The zero-order valence-corrected chi connectivity index (χ0v) is 13.2. The van der Waals surface area contributed by atoms with Gasteiger partial charge in [-0.05, 0) is 44.3 Å². The SMILES string of the molecule is Cc1cc(F)ccc1C(N)c1c(Cl)cnn1CCN(C)C. The van der Waals surface area contributed by atoms with Crippen LogP contribution in [-0.2, 0) is 6.54 Å². The van der Waals surface area contributed by atoms with Crippen LogP contribution in [0.3, 0.4) is 0 Å². The Morgan fingerprint density at radius 1 is 1.43 bits per heavy atom. The van der Waals surface area contributed by atoms with Gasteiger partial charge in [0.2, 0.25) is 0 Å². The predicted molar refractivity (Wildman–Crippen MR) is 83.0 cm³/mol. The van der Waals surface area contributed by atoms with E-state index in [1.54, 1.807) is 12.3 Å². The third-order valence-corrected chi connectivity index (χ3v) is 3.74. The van der Waals surface area contributed by atoms with Crippen molar-refractivity contribution in [2.24, 2.45) is 5.73 Å². The molecular formula is C15H20ClFN4. The van der Waals surface area contributed by atoms with E-state index < -0.39 is 6.04 Å². The number of halogens is 2. The first-order chi connectivity index (χ1) is 9.90. The van der Waals surface area contributed by atoms with Crippen molar-refractivity contribution in [3.63, 3.8) is 0 Å². The maximum absolute atomic E-state index is 13.2. The molecule has 0 spiro atoms. The molecule has 0 fully saturated rings. The van der Waals surface area contributed by atoms with E-state index in [0.29, 0.717) is 11.6 Å². The van der Waals surface area contributed by atoms with Gasteiger partial charge in [-0.2, -0.15) is 5.10 Å². The van der Waals surface area contributed by atoms with E-state index in [1.165, 1.54) is 12.1 Å². The maximum Gasteiger partial charge on any atom is 0.123 e. The van der Waals surface area contributed by atoms with Crippen LogP contribution in [0.1, 0.15) is 22.9 Å². The van der Waals surface area contributed by atoms with Crippen molar-refractivity contribution in [3.05, 3.63) is 52.1 Å². The highest BCUT2D eigenvalue weighted by molar-refractivity contribution is 6.31. The molecule has 2 aromatic rings. The van der Waals surface area contributed by atoms with Gasteiger partial charge in [0.15, 0.2) is 0 Å². The first-order valence-corrected chi connectivity index (χ1v) is 7.15. The lowest BCUT2D eigenvalue weighted by molar-refractivity contribution is 0.368. The zero-order valence-electron chi connectivity index (χ0n) is 12.5. The van der Waals surface area contributed by atoms with Gasteiger partial charge in [-0.1, -0.05) is 17.7 Å². The Labute approximate surface area is 129 Å². The lowest BCUT2D eigenvalue weighted by atomic mass is 9.99. The maximum atomic E-state index is 13.2. The Kier molecular flexibility index (Phi) is 4.98. The molecule has 0 saturated carbocycles. The first kappa shape index (κ1) is 15.9. The van der Waals surface area contributed by atoms with Crippen LogP contribution in [0.4, 0.5) is 4.39 Å². The first-order valence-electron chi connectivity index (χ1n) is 6.77. The number of rotatable bonds is 5. The molecule has 0 amide bonds. The van der Waals surface area contributed by atoms with Gasteiger partial charge in [0.25, 0.3) is 0 Å². The third-order valence-electron chi connectivity index (χ3n) is 3.45. The monoisotopic (exact) mass is 310 g/mol. The fourth-order valence-corrected chi connectivity index (χ4v) is 2.55. The summed E-state index contributed by atoms with van der Waals surface area (Å²) in [4.78, 5) is 2.06. The van der Waals surface area contributed by atoms with E-state index in [0.717, 1.165) is 23.4 Å². The normalized spacial score (nSPS) is 12.9. The lowest BCUT2D eigenvalue weighted by Crippen LogP contribution is -2.24. The van der Waals surface area contributed by atoms with Gasteiger partial charge in [0, 0.05) is 6.54 Å². The van der Waals surface area contributed by atoms with E-state index in [1.807, 2.05) is 25.7 Å². The van der Waals surface area contributed by atoms with Crippen molar-refractivity contribution < 1.29 is 4.39 Å². The Hall–Kier alpha value is -1.43. The van der Waals surface area contributed by atoms with Crippen molar-refractivity contribution in [1.82, 2.24) is 14.7 Å². The molecule has 1 aromatic carbocycles. The van der Waals surface area contributed by atoms with Crippen molar-refractivity contribution in [2.45, 2.75) is 19.5 Å². The van der Waals surface area contributed by atoms with E-state index in [4.69, 9.17) is 17.3 Å². The number of nitrogens with two attached hydrogens (primary N) is 1. The van der Waals surface area contributed by atoms with Crippen molar-refractivity contribution in [1.29, 1.82) is 0 Å². The van der Waals surface area contributed by atoms with Gasteiger partial charge < -0.3 is 10.6 Å². The van der Waals surface area contributed by atoms with Gasteiger partial charge >= 0.3 is 0 Å². The highest BCUT2D eigenvalue weighted by Crippen LogP contribution is 2.28. The molecule has 4 nitrogen and oxygen atoms in total. The second-order valence-electron chi connectivity index (χ2n) is 5.38. The van der Waals surface area contributed by atoms with Gasteiger partial charge in [-0.15, -0.1) is 0 Å². The van der Waals surface area contributed by atoms with Crippen LogP contribution >= 0.6 is 11.6 Å². The molecule has 21 heavy (non-hydrogen) atoms. The molecule has 1 unspecified atom stereocenters. The second kappa shape index (κ2) is 6.56. The molecule has 114 valence electrons.